The number of benzene rings is 4. The van der Waals surface area contributed by atoms with Crippen LogP contribution < -0.4 is 9.80 Å². The summed E-state index contributed by atoms with van der Waals surface area (Å²) in [6.45, 7) is 0. The lowest BCUT2D eigenvalue weighted by Crippen LogP contribution is -2.17. The summed E-state index contributed by atoms with van der Waals surface area (Å²) < 4.78 is 0. The number of allylic oxidation sites excluding steroid dienone is 8. The minimum Gasteiger partial charge on any atom is -0.477 e. The van der Waals surface area contributed by atoms with Crippen LogP contribution in [0.1, 0.15) is 12.0 Å². The fourth-order valence-corrected chi connectivity index (χ4v) is 5.33. The Kier molecular flexibility index (Phi) is 11.3. The summed E-state index contributed by atoms with van der Waals surface area (Å²) in [4.78, 5) is 26.5. The number of aliphatic carboxylic acids is 2. The smallest absolute Gasteiger partial charge is 0.346 e. The van der Waals surface area contributed by atoms with Crippen molar-refractivity contribution in [3.8, 4) is 12.1 Å². The summed E-state index contributed by atoms with van der Waals surface area (Å²) in [5.41, 5.74) is 6.02. The van der Waals surface area contributed by atoms with Crippen molar-refractivity contribution >= 4 is 46.5 Å². The predicted octanol–water partition coefficient (Wildman–Crippen LogP) is 9.39. The van der Waals surface area contributed by atoms with Crippen LogP contribution in [0.4, 0.5) is 28.4 Å². The molecule has 0 saturated heterocycles. The third-order valence-electron chi connectivity index (χ3n) is 7.79. The van der Waals surface area contributed by atoms with E-state index < -0.39 is 11.9 Å². The number of hydrogen-bond donors (Lipinski definition) is 2. The normalized spacial score (nSPS) is 14.5. The monoisotopic (exact) mass is 656 g/mol. The summed E-state index contributed by atoms with van der Waals surface area (Å²) in [6.07, 6.45) is 16.3. The minimum absolute atomic E-state index is 0.0567. The first kappa shape index (κ1) is 34.2. The number of anilines is 5. The summed E-state index contributed by atoms with van der Waals surface area (Å²) in [5.74, 6) is -2.46. The molecule has 0 aliphatic heterocycles. The van der Waals surface area contributed by atoms with Crippen LogP contribution in [0.15, 0.2) is 175 Å². The van der Waals surface area contributed by atoms with Gasteiger partial charge < -0.3 is 20.0 Å². The molecule has 1 unspecified atom stereocenters. The van der Waals surface area contributed by atoms with Gasteiger partial charge in [0.25, 0.3) is 0 Å². The number of para-hydroxylation sites is 2. The second kappa shape index (κ2) is 16.6. The van der Waals surface area contributed by atoms with Crippen molar-refractivity contribution in [2.45, 2.75) is 6.42 Å². The van der Waals surface area contributed by atoms with Gasteiger partial charge in [-0.3, -0.25) is 0 Å². The maximum Gasteiger partial charge on any atom is 0.346 e. The molecule has 5 rings (SSSR count). The van der Waals surface area contributed by atoms with Crippen LogP contribution in [0.3, 0.4) is 0 Å². The first-order valence-electron chi connectivity index (χ1n) is 15.7. The predicted molar refractivity (Wildman–Crippen MR) is 196 cm³/mol. The van der Waals surface area contributed by atoms with Crippen LogP contribution in [0, 0.1) is 28.6 Å². The van der Waals surface area contributed by atoms with E-state index >= 15 is 0 Å². The Morgan fingerprint density at radius 2 is 1.10 bits per heavy atom. The highest BCUT2D eigenvalue weighted by Gasteiger charge is 2.18. The molecule has 2 N–H and O–H groups in total. The fourth-order valence-electron chi connectivity index (χ4n) is 5.33. The second-order valence-corrected chi connectivity index (χ2v) is 11.1. The van der Waals surface area contributed by atoms with Crippen LogP contribution in [0.2, 0.25) is 0 Å². The van der Waals surface area contributed by atoms with E-state index in [1.165, 1.54) is 12.2 Å². The second-order valence-electron chi connectivity index (χ2n) is 11.1. The number of carbonyl (C=O) groups is 2. The van der Waals surface area contributed by atoms with Crippen molar-refractivity contribution in [1.82, 2.24) is 0 Å². The van der Waals surface area contributed by atoms with Crippen molar-refractivity contribution in [2.75, 3.05) is 9.80 Å². The zero-order valence-corrected chi connectivity index (χ0v) is 26.9. The summed E-state index contributed by atoms with van der Waals surface area (Å²) in [6, 6.07) is 39.6. The molecule has 0 fully saturated rings. The van der Waals surface area contributed by atoms with Gasteiger partial charge in [0.2, 0.25) is 0 Å². The maximum absolute atomic E-state index is 11.1. The van der Waals surface area contributed by atoms with E-state index in [0.717, 1.165) is 39.7 Å². The van der Waals surface area contributed by atoms with Gasteiger partial charge in [0, 0.05) is 34.1 Å². The first-order chi connectivity index (χ1) is 24.4. The van der Waals surface area contributed by atoms with E-state index in [1.807, 2.05) is 78.9 Å². The minimum atomic E-state index is -1.27. The quantitative estimate of drug-likeness (QED) is 0.0877. The van der Waals surface area contributed by atoms with Gasteiger partial charge in [-0.05, 0) is 96.8 Å². The SMILES string of the molecule is N#C/C(=C\C=C\c1ccc(N(c2ccccc2)c2ccc(N(C3=CCC(/C=C/C=C(\C#N)C(=O)O)C=C3)c3ccccc3)cc2)cc1)C(=O)O. The Labute approximate surface area is 290 Å². The van der Waals surface area contributed by atoms with Gasteiger partial charge in [-0.2, -0.15) is 10.5 Å². The highest BCUT2D eigenvalue weighted by molar-refractivity contribution is 5.92. The molecule has 0 saturated carbocycles. The topological polar surface area (TPSA) is 129 Å². The molecule has 244 valence electrons. The molecule has 0 spiro atoms. The van der Waals surface area contributed by atoms with Crippen molar-refractivity contribution in [3.63, 3.8) is 0 Å². The number of rotatable bonds is 12. The molecule has 4 aromatic rings. The van der Waals surface area contributed by atoms with Gasteiger partial charge in [0.05, 0.1) is 0 Å². The van der Waals surface area contributed by atoms with Crippen LogP contribution >= 0.6 is 0 Å². The number of nitrogens with zero attached hydrogens (tertiary/aromatic N) is 4. The van der Waals surface area contributed by atoms with Crippen molar-refractivity contribution < 1.29 is 19.8 Å². The summed E-state index contributed by atoms with van der Waals surface area (Å²) in [7, 11) is 0. The molecule has 1 atom stereocenters. The van der Waals surface area contributed by atoms with Gasteiger partial charge in [-0.25, -0.2) is 9.59 Å². The van der Waals surface area contributed by atoms with Gasteiger partial charge >= 0.3 is 11.9 Å². The van der Waals surface area contributed by atoms with Crippen molar-refractivity contribution in [2.24, 2.45) is 5.92 Å². The number of nitriles is 2. The van der Waals surface area contributed by atoms with E-state index in [-0.39, 0.29) is 17.1 Å². The molecule has 8 nitrogen and oxygen atoms in total. The fraction of sp³-hybridized carbons (Fsp3) is 0.0476. The van der Waals surface area contributed by atoms with E-state index in [1.54, 1.807) is 30.4 Å². The lowest BCUT2D eigenvalue weighted by Gasteiger charge is -2.30. The molecule has 0 bridgehead atoms. The van der Waals surface area contributed by atoms with E-state index in [9.17, 15) is 9.59 Å². The van der Waals surface area contributed by atoms with Crippen LogP contribution in [-0.2, 0) is 9.59 Å². The van der Waals surface area contributed by atoms with Gasteiger partial charge in [-0.1, -0.05) is 85.0 Å². The lowest BCUT2D eigenvalue weighted by molar-refractivity contribution is -0.133. The third kappa shape index (κ3) is 8.60. The number of carboxylic acid groups (broad SMARTS) is 2. The molecule has 0 heterocycles. The van der Waals surface area contributed by atoms with E-state index in [0.29, 0.717) is 6.42 Å². The van der Waals surface area contributed by atoms with Crippen LogP contribution in [0.25, 0.3) is 6.08 Å². The first-order valence-corrected chi connectivity index (χ1v) is 15.7. The Morgan fingerprint density at radius 3 is 1.58 bits per heavy atom. The Bertz CT molecular complexity index is 2100. The van der Waals surface area contributed by atoms with Gasteiger partial charge in [-0.15, -0.1) is 0 Å². The Morgan fingerprint density at radius 1 is 0.640 bits per heavy atom. The van der Waals surface area contributed by atoms with Gasteiger partial charge in [0.15, 0.2) is 0 Å². The van der Waals surface area contributed by atoms with Crippen LogP contribution in [0.5, 0.6) is 0 Å². The molecule has 0 radical (unpaired) electrons. The molecule has 1 aliphatic carbocycles. The van der Waals surface area contributed by atoms with E-state index in [2.05, 4.69) is 64.4 Å². The molecule has 0 aromatic heterocycles. The molecule has 1 aliphatic rings. The number of hydrogen-bond acceptors (Lipinski definition) is 6. The Balaban J connectivity index is 1.42. The number of carboxylic acids is 2. The van der Waals surface area contributed by atoms with Crippen molar-refractivity contribution in [1.29, 1.82) is 10.5 Å². The molecule has 50 heavy (non-hydrogen) atoms. The summed E-state index contributed by atoms with van der Waals surface area (Å²) >= 11 is 0. The highest BCUT2D eigenvalue weighted by Crippen LogP contribution is 2.38. The zero-order chi connectivity index (χ0) is 35.3. The molecule has 4 aromatic carbocycles. The lowest BCUT2D eigenvalue weighted by atomic mass is 9.97. The van der Waals surface area contributed by atoms with Crippen LogP contribution in [-0.4, -0.2) is 22.2 Å². The Hall–Kier alpha value is -7.16. The highest BCUT2D eigenvalue weighted by atomic mass is 16.4. The standard InChI is InChI=1S/C42H32N4O4/c43-29-33(41(47)48)11-7-9-31-17-21-37(22-18-31)45(35-13-3-1-4-14-35)39-25-27-40(28-26-39)46(36-15-5-2-6-16-36)38-23-19-32(20-24-38)10-8-12-34(30-44)42(49)50/h1-19,21-28,32H,20H2,(H,47,48)(H,49,50)/b9-7+,10-8+,33-11+,34-12+. The largest absolute Gasteiger partial charge is 0.477 e. The van der Waals surface area contributed by atoms with Crippen molar-refractivity contribution in [3.05, 3.63) is 180 Å². The van der Waals surface area contributed by atoms with E-state index in [4.69, 9.17) is 20.7 Å². The average molecular weight is 657 g/mol. The molecule has 8 heteroatoms. The maximum atomic E-state index is 11.1. The summed E-state index contributed by atoms with van der Waals surface area (Å²) in [5, 5.41) is 36.1. The van der Waals surface area contributed by atoms with Gasteiger partial charge in [0.1, 0.15) is 23.3 Å². The molecule has 0 amide bonds. The third-order valence-corrected chi connectivity index (χ3v) is 7.79. The average Bonchev–Trinajstić information content (AvgIpc) is 3.14. The molecular weight excluding hydrogens is 624 g/mol. The zero-order valence-electron chi connectivity index (χ0n) is 26.9. The molecular formula is C42H32N4O4.